The zero-order valence-corrected chi connectivity index (χ0v) is 17.3. The SMILES string of the molecule is Cc1nn(CC(C)C)c(Cl)c1C1CCCN1c1ccc2cc(Cl)cnc2n1. The van der Waals surface area contributed by atoms with Crippen LogP contribution >= 0.6 is 23.2 Å². The lowest BCUT2D eigenvalue weighted by atomic mass is 10.1. The van der Waals surface area contributed by atoms with Crippen molar-refractivity contribution >= 4 is 40.1 Å². The number of nitrogens with zero attached hydrogens (tertiary/aromatic N) is 5. The van der Waals surface area contributed by atoms with Gasteiger partial charge in [0.2, 0.25) is 0 Å². The van der Waals surface area contributed by atoms with Crippen molar-refractivity contribution in [3.8, 4) is 0 Å². The van der Waals surface area contributed by atoms with Gasteiger partial charge in [0.25, 0.3) is 0 Å². The second-order valence-electron chi connectivity index (χ2n) is 7.59. The van der Waals surface area contributed by atoms with Gasteiger partial charge in [-0.05, 0) is 43.9 Å². The molecule has 0 spiro atoms. The fourth-order valence-electron chi connectivity index (χ4n) is 3.89. The highest BCUT2D eigenvalue weighted by atomic mass is 35.5. The van der Waals surface area contributed by atoms with E-state index in [1.54, 1.807) is 6.20 Å². The van der Waals surface area contributed by atoms with E-state index in [1.165, 1.54) is 0 Å². The van der Waals surface area contributed by atoms with E-state index in [1.807, 2.05) is 29.8 Å². The average molecular weight is 404 g/mol. The summed E-state index contributed by atoms with van der Waals surface area (Å²) in [5.74, 6) is 1.42. The lowest BCUT2D eigenvalue weighted by molar-refractivity contribution is 0.481. The van der Waals surface area contributed by atoms with E-state index < -0.39 is 0 Å². The Kier molecular flexibility index (Phi) is 4.99. The fraction of sp³-hybridized carbons (Fsp3) is 0.450. The topological polar surface area (TPSA) is 46.8 Å². The van der Waals surface area contributed by atoms with Gasteiger partial charge in [-0.3, -0.25) is 4.68 Å². The summed E-state index contributed by atoms with van der Waals surface area (Å²) >= 11 is 12.8. The number of hydrogen-bond donors (Lipinski definition) is 0. The molecule has 5 nitrogen and oxygen atoms in total. The molecule has 1 saturated heterocycles. The smallest absolute Gasteiger partial charge is 0.161 e. The normalized spacial score (nSPS) is 17.4. The molecule has 4 heterocycles. The third-order valence-electron chi connectivity index (χ3n) is 5.02. The van der Waals surface area contributed by atoms with Crippen LogP contribution in [0.5, 0.6) is 0 Å². The summed E-state index contributed by atoms with van der Waals surface area (Å²) < 4.78 is 1.94. The van der Waals surface area contributed by atoms with Crippen molar-refractivity contribution in [2.24, 2.45) is 5.92 Å². The van der Waals surface area contributed by atoms with Gasteiger partial charge in [0, 0.05) is 30.2 Å². The zero-order valence-electron chi connectivity index (χ0n) is 15.8. The van der Waals surface area contributed by atoms with E-state index in [0.29, 0.717) is 16.6 Å². The van der Waals surface area contributed by atoms with Crippen LogP contribution in [0.15, 0.2) is 24.4 Å². The lowest BCUT2D eigenvalue weighted by Gasteiger charge is -2.26. The van der Waals surface area contributed by atoms with Crippen LogP contribution < -0.4 is 4.90 Å². The first-order valence-corrected chi connectivity index (χ1v) is 10.1. The summed E-state index contributed by atoms with van der Waals surface area (Å²) in [5.41, 5.74) is 2.84. The maximum Gasteiger partial charge on any atom is 0.161 e. The molecule has 7 heteroatoms. The van der Waals surface area contributed by atoms with Crippen molar-refractivity contribution in [1.82, 2.24) is 19.7 Å². The number of rotatable bonds is 4. The number of fused-ring (bicyclic) bond motifs is 1. The molecule has 142 valence electrons. The van der Waals surface area contributed by atoms with E-state index in [-0.39, 0.29) is 6.04 Å². The summed E-state index contributed by atoms with van der Waals surface area (Å²) in [6.45, 7) is 8.17. The maximum absolute atomic E-state index is 6.75. The molecule has 0 aromatic carbocycles. The van der Waals surface area contributed by atoms with E-state index in [9.17, 15) is 0 Å². The minimum absolute atomic E-state index is 0.190. The molecule has 1 fully saturated rings. The Balaban J connectivity index is 1.71. The summed E-state index contributed by atoms with van der Waals surface area (Å²) in [7, 11) is 0. The molecule has 0 N–H and O–H groups in total. The predicted octanol–water partition coefficient (Wildman–Crippen LogP) is 5.44. The van der Waals surface area contributed by atoms with Crippen LogP contribution in [0.3, 0.4) is 0 Å². The lowest BCUT2D eigenvalue weighted by Crippen LogP contribution is -2.24. The monoisotopic (exact) mass is 403 g/mol. The number of aryl methyl sites for hydroxylation is 1. The van der Waals surface area contributed by atoms with Gasteiger partial charge in [-0.25, -0.2) is 9.97 Å². The molecule has 0 bridgehead atoms. The van der Waals surface area contributed by atoms with Crippen LogP contribution in [-0.2, 0) is 6.54 Å². The molecule has 1 atom stereocenters. The molecule has 27 heavy (non-hydrogen) atoms. The Morgan fingerprint density at radius 2 is 2.07 bits per heavy atom. The van der Waals surface area contributed by atoms with Crippen molar-refractivity contribution in [1.29, 1.82) is 0 Å². The second kappa shape index (κ2) is 7.28. The predicted molar refractivity (Wildman–Crippen MR) is 111 cm³/mol. The number of pyridine rings is 2. The molecule has 0 aliphatic carbocycles. The Bertz CT molecular complexity index is 982. The highest BCUT2D eigenvalue weighted by molar-refractivity contribution is 6.31. The van der Waals surface area contributed by atoms with E-state index in [2.05, 4.69) is 23.7 Å². The van der Waals surface area contributed by atoms with E-state index in [0.717, 1.165) is 53.5 Å². The van der Waals surface area contributed by atoms with Gasteiger partial charge in [0.05, 0.1) is 16.8 Å². The molecule has 3 aromatic rings. The maximum atomic E-state index is 6.75. The van der Waals surface area contributed by atoms with Crippen LogP contribution in [-0.4, -0.2) is 26.3 Å². The van der Waals surface area contributed by atoms with Crippen molar-refractivity contribution in [3.63, 3.8) is 0 Å². The van der Waals surface area contributed by atoms with Gasteiger partial charge >= 0.3 is 0 Å². The third kappa shape index (κ3) is 3.50. The molecule has 0 saturated carbocycles. The van der Waals surface area contributed by atoms with Crippen LogP contribution in [0.25, 0.3) is 11.0 Å². The molecule has 0 amide bonds. The molecule has 1 unspecified atom stereocenters. The van der Waals surface area contributed by atoms with Crippen LogP contribution in [0, 0.1) is 12.8 Å². The van der Waals surface area contributed by atoms with Crippen molar-refractivity contribution in [3.05, 3.63) is 45.8 Å². The van der Waals surface area contributed by atoms with Gasteiger partial charge in [-0.15, -0.1) is 0 Å². The third-order valence-corrected chi connectivity index (χ3v) is 5.63. The molecule has 1 aliphatic heterocycles. The second-order valence-corrected chi connectivity index (χ2v) is 8.38. The Morgan fingerprint density at radius 3 is 2.85 bits per heavy atom. The average Bonchev–Trinajstić information content (AvgIpc) is 3.19. The van der Waals surface area contributed by atoms with Gasteiger partial charge in [0.1, 0.15) is 11.0 Å². The first kappa shape index (κ1) is 18.5. The van der Waals surface area contributed by atoms with Crippen molar-refractivity contribution in [2.45, 2.75) is 46.2 Å². The molecular weight excluding hydrogens is 381 g/mol. The van der Waals surface area contributed by atoms with Gasteiger partial charge in [-0.1, -0.05) is 37.0 Å². The van der Waals surface area contributed by atoms with Gasteiger partial charge < -0.3 is 4.90 Å². The summed E-state index contributed by atoms with van der Waals surface area (Å²) in [5, 5.41) is 7.01. The summed E-state index contributed by atoms with van der Waals surface area (Å²) in [6.07, 6.45) is 3.78. The molecule has 3 aromatic heterocycles. The first-order chi connectivity index (χ1) is 12.9. The molecule has 1 aliphatic rings. The van der Waals surface area contributed by atoms with E-state index in [4.69, 9.17) is 33.3 Å². The van der Waals surface area contributed by atoms with Crippen molar-refractivity contribution < 1.29 is 0 Å². The van der Waals surface area contributed by atoms with Crippen LogP contribution in [0.2, 0.25) is 10.2 Å². The number of aromatic nitrogens is 4. The molecule has 4 rings (SSSR count). The Labute approximate surface area is 169 Å². The van der Waals surface area contributed by atoms with Crippen LogP contribution in [0.4, 0.5) is 5.82 Å². The quantitative estimate of drug-likeness (QED) is 0.581. The van der Waals surface area contributed by atoms with Crippen molar-refractivity contribution in [2.75, 3.05) is 11.4 Å². The zero-order chi connectivity index (χ0) is 19.1. The number of halogens is 2. The Hall–Kier alpha value is -1.85. The minimum Gasteiger partial charge on any atom is -0.349 e. The standard InChI is InChI=1S/C20H23Cl2N5/c1-12(2)11-27-19(22)18(13(3)25-27)16-5-4-8-26(16)17-7-6-14-9-15(21)10-23-20(14)24-17/h6-7,9-10,12,16H,4-5,8,11H2,1-3H3. The van der Waals surface area contributed by atoms with E-state index >= 15 is 0 Å². The number of hydrogen-bond acceptors (Lipinski definition) is 4. The summed E-state index contributed by atoms with van der Waals surface area (Å²) in [6, 6.07) is 6.15. The molecular formula is C20H23Cl2N5. The highest BCUT2D eigenvalue weighted by Gasteiger charge is 2.32. The fourth-order valence-corrected chi connectivity index (χ4v) is 4.42. The Morgan fingerprint density at radius 1 is 1.26 bits per heavy atom. The van der Waals surface area contributed by atoms with Gasteiger partial charge in [-0.2, -0.15) is 5.10 Å². The largest absolute Gasteiger partial charge is 0.349 e. The minimum atomic E-state index is 0.190. The molecule has 0 radical (unpaired) electrons. The number of anilines is 1. The highest BCUT2D eigenvalue weighted by Crippen LogP contribution is 2.40. The first-order valence-electron chi connectivity index (χ1n) is 9.36. The van der Waals surface area contributed by atoms with Crippen LogP contribution in [0.1, 0.15) is 44.0 Å². The van der Waals surface area contributed by atoms with Gasteiger partial charge in [0.15, 0.2) is 5.65 Å². The summed E-state index contributed by atoms with van der Waals surface area (Å²) in [4.78, 5) is 11.5.